The van der Waals surface area contributed by atoms with Crippen molar-refractivity contribution in [3.05, 3.63) is 23.7 Å². The van der Waals surface area contributed by atoms with E-state index < -0.39 is 5.97 Å². The molecule has 2 rings (SSSR count). The summed E-state index contributed by atoms with van der Waals surface area (Å²) in [4.78, 5) is 14.8. The zero-order valence-corrected chi connectivity index (χ0v) is 7.51. The molecule has 0 saturated heterocycles. The van der Waals surface area contributed by atoms with Crippen LogP contribution in [0.2, 0.25) is 0 Å². The topological polar surface area (TPSA) is 80.4 Å². The van der Waals surface area contributed by atoms with Crippen molar-refractivity contribution in [2.24, 2.45) is 0 Å². The molecular weight excluding hydrogens is 184 g/mol. The number of fused-ring (bicyclic) bond motifs is 1. The van der Waals surface area contributed by atoms with E-state index >= 15 is 0 Å². The third-order valence-corrected chi connectivity index (χ3v) is 1.93. The Kier molecular flexibility index (Phi) is 1.88. The van der Waals surface area contributed by atoms with E-state index in [4.69, 9.17) is 5.11 Å². The highest BCUT2D eigenvalue weighted by atomic mass is 16.4. The van der Waals surface area contributed by atoms with Crippen LogP contribution < -0.4 is 0 Å². The number of aromatic carboxylic acids is 1. The van der Waals surface area contributed by atoms with E-state index in [1.807, 2.05) is 6.92 Å². The van der Waals surface area contributed by atoms with Crippen LogP contribution >= 0.6 is 0 Å². The fraction of sp³-hybridized carbons (Fsp3) is 0.250. The third-order valence-electron chi connectivity index (χ3n) is 1.93. The molecule has 72 valence electrons. The molecule has 0 radical (unpaired) electrons. The molecule has 0 aliphatic heterocycles. The lowest BCUT2D eigenvalue weighted by Crippen LogP contribution is -2.06. The van der Waals surface area contributed by atoms with Crippen molar-refractivity contribution in [2.45, 2.75) is 13.3 Å². The summed E-state index contributed by atoms with van der Waals surface area (Å²) in [5, 5.41) is 16.4. The molecule has 2 aromatic heterocycles. The predicted molar refractivity (Wildman–Crippen MR) is 47.1 cm³/mol. The minimum atomic E-state index is -1.04. The summed E-state index contributed by atoms with van der Waals surface area (Å²) in [6, 6.07) is 1.39. The molecule has 14 heavy (non-hydrogen) atoms. The summed E-state index contributed by atoms with van der Waals surface area (Å²) < 4.78 is 1.24. The summed E-state index contributed by atoms with van der Waals surface area (Å²) in [5.41, 5.74) is 1.28. The normalized spacial score (nSPS) is 10.6. The van der Waals surface area contributed by atoms with Gasteiger partial charge >= 0.3 is 5.97 Å². The Morgan fingerprint density at radius 1 is 1.64 bits per heavy atom. The molecule has 6 nitrogen and oxygen atoms in total. The average molecular weight is 192 g/mol. The maximum Gasteiger partial charge on any atom is 0.354 e. The number of hydrogen-bond acceptors (Lipinski definition) is 4. The zero-order chi connectivity index (χ0) is 10.1. The Morgan fingerprint density at radius 3 is 3.07 bits per heavy atom. The largest absolute Gasteiger partial charge is 0.477 e. The molecule has 6 heteroatoms. The van der Waals surface area contributed by atoms with Gasteiger partial charge in [-0.25, -0.2) is 9.78 Å². The third kappa shape index (κ3) is 1.12. The average Bonchev–Trinajstić information content (AvgIpc) is 2.59. The standard InChI is InChI=1S/C8H8N4O2/c1-2-5-7-9-4-3-6(8(13)14)12(7)11-10-5/h3-4H,2H2,1H3,(H,13,14). The molecule has 0 atom stereocenters. The van der Waals surface area contributed by atoms with Gasteiger partial charge in [-0.3, -0.25) is 0 Å². The first-order valence-electron chi connectivity index (χ1n) is 4.16. The fourth-order valence-corrected chi connectivity index (χ4v) is 1.24. The van der Waals surface area contributed by atoms with E-state index in [1.54, 1.807) is 0 Å². The van der Waals surface area contributed by atoms with Crippen molar-refractivity contribution < 1.29 is 9.90 Å². The lowest BCUT2D eigenvalue weighted by Gasteiger charge is -1.96. The quantitative estimate of drug-likeness (QED) is 0.744. The van der Waals surface area contributed by atoms with Gasteiger partial charge in [0.25, 0.3) is 0 Å². The van der Waals surface area contributed by atoms with Crippen LogP contribution in [-0.4, -0.2) is 30.9 Å². The summed E-state index contributed by atoms with van der Waals surface area (Å²) in [5.74, 6) is -1.04. The molecule has 0 spiro atoms. The maximum absolute atomic E-state index is 10.8. The molecule has 0 unspecified atom stereocenters. The van der Waals surface area contributed by atoms with Crippen LogP contribution in [0.3, 0.4) is 0 Å². The van der Waals surface area contributed by atoms with Crippen LogP contribution in [-0.2, 0) is 6.42 Å². The summed E-state index contributed by atoms with van der Waals surface area (Å²) in [6.07, 6.45) is 2.13. The number of rotatable bonds is 2. The molecule has 0 bridgehead atoms. The van der Waals surface area contributed by atoms with Gasteiger partial charge in [0.15, 0.2) is 11.3 Å². The van der Waals surface area contributed by atoms with Gasteiger partial charge in [0.2, 0.25) is 0 Å². The predicted octanol–water partition coefficient (Wildman–Crippen LogP) is 0.385. The lowest BCUT2D eigenvalue weighted by molar-refractivity contribution is 0.0687. The molecule has 2 aromatic rings. The first-order chi connectivity index (χ1) is 6.74. The fourth-order valence-electron chi connectivity index (χ4n) is 1.24. The van der Waals surface area contributed by atoms with Crippen LogP contribution in [0.4, 0.5) is 0 Å². The molecule has 0 amide bonds. The van der Waals surface area contributed by atoms with Crippen LogP contribution in [0.5, 0.6) is 0 Å². The molecule has 0 aliphatic rings. The Hall–Kier alpha value is -1.98. The second kappa shape index (κ2) is 3.06. The number of hydrogen-bond donors (Lipinski definition) is 1. The van der Waals surface area contributed by atoms with Crippen molar-refractivity contribution in [2.75, 3.05) is 0 Å². The highest BCUT2D eigenvalue weighted by molar-refractivity contribution is 5.86. The number of nitrogens with zero attached hydrogens (tertiary/aromatic N) is 4. The van der Waals surface area contributed by atoms with Crippen LogP contribution in [0.1, 0.15) is 23.1 Å². The van der Waals surface area contributed by atoms with E-state index in [-0.39, 0.29) is 5.69 Å². The summed E-state index contributed by atoms with van der Waals surface area (Å²) >= 11 is 0. The Labute approximate surface area is 79.2 Å². The zero-order valence-electron chi connectivity index (χ0n) is 7.51. The van der Waals surface area contributed by atoms with E-state index in [0.29, 0.717) is 17.8 Å². The maximum atomic E-state index is 10.8. The highest BCUT2D eigenvalue weighted by Crippen LogP contribution is 2.07. The lowest BCUT2D eigenvalue weighted by atomic mass is 10.3. The Balaban J connectivity index is 2.76. The molecule has 2 heterocycles. The second-order valence-electron chi connectivity index (χ2n) is 2.76. The van der Waals surface area contributed by atoms with Crippen LogP contribution in [0, 0.1) is 0 Å². The molecule has 0 fully saturated rings. The van der Waals surface area contributed by atoms with Crippen molar-refractivity contribution in [3.63, 3.8) is 0 Å². The molecule has 1 N–H and O–H groups in total. The van der Waals surface area contributed by atoms with Gasteiger partial charge in [0, 0.05) is 6.20 Å². The van der Waals surface area contributed by atoms with Gasteiger partial charge in [-0.15, -0.1) is 5.10 Å². The number of carbonyl (C=O) groups is 1. The van der Waals surface area contributed by atoms with Gasteiger partial charge in [-0.1, -0.05) is 12.1 Å². The van der Waals surface area contributed by atoms with E-state index in [2.05, 4.69) is 15.3 Å². The number of aromatic nitrogens is 4. The van der Waals surface area contributed by atoms with Gasteiger partial charge < -0.3 is 5.11 Å². The minimum absolute atomic E-state index is 0.0715. The molecule has 0 saturated carbocycles. The Morgan fingerprint density at radius 2 is 2.43 bits per heavy atom. The second-order valence-corrected chi connectivity index (χ2v) is 2.76. The van der Waals surface area contributed by atoms with Crippen molar-refractivity contribution >= 4 is 11.6 Å². The first kappa shape index (κ1) is 8.61. The van der Waals surface area contributed by atoms with Crippen LogP contribution in [0.15, 0.2) is 12.3 Å². The van der Waals surface area contributed by atoms with Crippen molar-refractivity contribution in [1.29, 1.82) is 0 Å². The molecular formula is C8H8N4O2. The Bertz CT molecular complexity index is 491. The van der Waals surface area contributed by atoms with Crippen molar-refractivity contribution in [1.82, 2.24) is 19.8 Å². The summed E-state index contributed by atoms with van der Waals surface area (Å²) in [7, 11) is 0. The molecule has 0 aromatic carbocycles. The van der Waals surface area contributed by atoms with Gasteiger partial charge in [0.1, 0.15) is 5.69 Å². The van der Waals surface area contributed by atoms with E-state index in [9.17, 15) is 4.79 Å². The van der Waals surface area contributed by atoms with Crippen molar-refractivity contribution in [3.8, 4) is 0 Å². The molecule has 0 aliphatic carbocycles. The number of aryl methyl sites for hydroxylation is 1. The number of carboxylic acids is 1. The van der Waals surface area contributed by atoms with E-state index in [0.717, 1.165) is 0 Å². The SMILES string of the molecule is CCc1nnn2c(C(=O)O)ccnc12. The van der Waals surface area contributed by atoms with Gasteiger partial charge in [-0.05, 0) is 12.5 Å². The summed E-state index contributed by atoms with van der Waals surface area (Å²) in [6.45, 7) is 1.92. The minimum Gasteiger partial charge on any atom is -0.477 e. The van der Waals surface area contributed by atoms with Gasteiger partial charge in [0.05, 0.1) is 0 Å². The van der Waals surface area contributed by atoms with Gasteiger partial charge in [-0.2, -0.15) is 4.52 Å². The smallest absolute Gasteiger partial charge is 0.354 e. The monoisotopic (exact) mass is 192 g/mol. The first-order valence-corrected chi connectivity index (χ1v) is 4.16. The number of carboxylic acid groups (broad SMARTS) is 1. The highest BCUT2D eigenvalue weighted by Gasteiger charge is 2.12. The van der Waals surface area contributed by atoms with Crippen LogP contribution in [0.25, 0.3) is 5.65 Å². The van der Waals surface area contributed by atoms with E-state index in [1.165, 1.54) is 16.8 Å².